The molecule has 158 valence electrons. The number of hydrogen-bond donors (Lipinski definition) is 2. The van der Waals surface area contributed by atoms with Crippen LogP contribution >= 0.6 is 0 Å². The number of rotatable bonds is 6. The third kappa shape index (κ3) is 3.95. The van der Waals surface area contributed by atoms with Gasteiger partial charge in [-0.2, -0.15) is 0 Å². The Labute approximate surface area is 175 Å². The van der Waals surface area contributed by atoms with E-state index in [4.69, 9.17) is 9.15 Å². The predicted molar refractivity (Wildman–Crippen MR) is 115 cm³/mol. The van der Waals surface area contributed by atoms with E-state index in [1.165, 1.54) is 19.3 Å². The SMILES string of the molecule is CCOC(=O)c1c(NN(C)C2CCCCC2)oc(C=C2C=Nc3ncccc32)c1O. The van der Waals surface area contributed by atoms with Gasteiger partial charge < -0.3 is 14.3 Å². The maximum Gasteiger partial charge on any atom is 0.347 e. The minimum atomic E-state index is -0.634. The quantitative estimate of drug-likeness (QED) is 0.537. The molecular formula is C22H26N4O4. The van der Waals surface area contributed by atoms with Crippen molar-refractivity contribution in [1.82, 2.24) is 9.99 Å². The summed E-state index contributed by atoms with van der Waals surface area (Å²) >= 11 is 0. The van der Waals surface area contributed by atoms with Gasteiger partial charge in [0.1, 0.15) is 0 Å². The van der Waals surface area contributed by atoms with Crippen molar-refractivity contribution in [3.8, 4) is 5.75 Å². The van der Waals surface area contributed by atoms with Crippen molar-refractivity contribution in [3.63, 3.8) is 0 Å². The summed E-state index contributed by atoms with van der Waals surface area (Å²) in [5.41, 5.74) is 4.72. The molecule has 0 saturated heterocycles. The Morgan fingerprint density at radius 1 is 1.40 bits per heavy atom. The number of esters is 1. The molecule has 0 aromatic carbocycles. The van der Waals surface area contributed by atoms with Crippen LogP contribution in [0.1, 0.15) is 60.7 Å². The lowest BCUT2D eigenvalue weighted by Crippen LogP contribution is -2.38. The Kier molecular flexibility index (Phi) is 5.85. The van der Waals surface area contributed by atoms with Crippen LogP contribution < -0.4 is 5.43 Å². The first kappa shape index (κ1) is 20.2. The second-order valence-electron chi connectivity index (χ2n) is 7.49. The van der Waals surface area contributed by atoms with E-state index in [0.29, 0.717) is 11.9 Å². The van der Waals surface area contributed by atoms with Crippen LogP contribution in [0, 0.1) is 0 Å². The summed E-state index contributed by atoms with van der Waals surface area (Å²) in [6.07, 6.45) is 10.7. The van der Waals surface area contributed by atoms with Gasteiger partial charge in [-0.1, -0.05) is 19.3 Å². The Morgan fingerprint density at radius 2 is 2.20 bits per heavy atom. The van der Waals surface area contributed by atoms with Crippen LogP contribution in [0.2, 0.25) is 0 Å². The highest BCUT2D eigenvalue weighted by atomic mass is 16.5. The Hall–Kier alpha value is -3.13. The van der Waals surface area contributed by atoms with Gasteiger partial charge in [0.2, 0.25) is 5.88 Å². The van der Waals surface area contributed by atoms with E-state index in [9.17, 15) is 9.90 Å². The van der Waals surface area contributed by atoms with Gasteiger partial charge in [0, 0.05) is 36.6 Å². The van der Waals surface area contributed by atoms with Crippen molar-refractivity contribution in [1.29, 1.82) is 0 Å². The molecule has 1 aliphatic heterocycles. The molecule has 3 heterocycles. The third-order valence-electron chi connectivity index (χ3n) is 5.50. The number of hydrazine groups is 1. The van der Waals surface area contributed by atoms with Gasteiger partial charge in [-0.15, -0.1) is 0 Å². The molecule has 0 unspecified atom stereocenters. The van der Waals surface area contributed by atoms with Gasteiger partial charge in [0.15, 0.2) is 22.9 Å². The van der Waals surface area contributed by atoms with Crippen molar-refractivity contribution in [2.75, 3.05) is 19.1 Å². The number of aliphatic imine (C=N–C) groups is 1. The van der Waals surface area contributed by atoms with Crippen LogP contribution in [0.4, 0.5) is 11.7 Å². The normalized spacial score (nSPS) is 17.5. The molecule has 30 heavy (non-hydrogen) atoms. The fourth-order valence-corrected chi connectivity index (χ4v) is 3.91. The number of allylic oxidation sites excluding steroid dienone is 1. The van der Waals surface area contributed by atoms with Crippen LogP contribution in [0.25, 0.3) is 11.6 Å². The molecule has 1 fully saturated rings. The highest BCUT2D eigenvalue weighted by Crippen LogP contribution is 2.38. The van der Waals surface area contributed by atoms with E-state index in [1.807, 2.05) is 24.2 Å². The average Bonchev–Trinajstić information content (AvgIpc) is 3.30. The van der Waals surface area contributed by atoms with Gasteiger partial charge in [-0.25, -0.2) is 19.8 Å². The number of nitrogens with one attached hydrogen (secondary N) is 1. The minimum Gasteiger partial charge on any atom is -0.504 e. The Morgan fingerprint density at radius 3 is 2.97 bits per heavy atom. The maximum atomic E-state index is 12.5. The minimum absolute atomic E-state index is 0.00675. The van der Waals surface area contributed by atoms with E-state index in [2.05, 4.69) is 15.4 Å². The number of hydrogen-bond acceptors (Lipinski definition) is 8. The first-order valence-electron chi connectivity index (χ1n) is 10.3. The summed E-state index contributed by atoms with van der Waals surface area (Å²) in [7, 11) is 1.92. The van der Waals surface area contributed by atoms with Gasteiger partial charge >= 0.3 is 5.97 Å². The van der Waals surface area contributed by atoms with Crippen molar-refractivity contribution >= 4 is 35.5 Å². The molecule has 8 heteroatoms. The number of anilines is 1. The average molecular weight is 410 g/mol. The number of carbonyl (C=O) groups is 1. The largest absolute Gasteiger partial charge is 0.504 e. The Balaban J connectivity index is 1.67. The molecule has 8 nitrogen and oxygen atoms in total. The zero-order valence-corrected chi connectivity index (χ0v) is 17.2. The van der Waals surface area contributed by atoms with Crippen molar-refractivity contribution in [2.45, 2.75) is 45.1 Å². The molecule has 2 aromatic rings. The molecule has 0 atom stereocenters. The molecule has 4 rings (SSSR count). The smallest absolute Gasteiger partial charge is 0.347 e. The summed E-state index contributed by atoms with van der Waals surface area (Å²) in [6, 6.07) is 4.05. The van der Waals surface area contributed by atoms with E-state index < -0.39 is 5.97 Å². The van der Waals surface area contributed by atoms with E-state index in [1.54, 1.807) is 25.4 Å². The summed E-state index contributed by atoms with van der Waals surface area (Å²) in [5.74, 6) is 0.0510. The third-order valence-corrected chi connectivity index (χ3v) is 5.50. The zero-order chi connectivity index (χ0) is 21.1. The van der Waals surface area contributed by atoms with Gasteiger partial charge in [-0.05, 0) is 38.0 Å². The summed E-state index contributed by atoms with van der Waals surface area (Å²) in [4.78, 5) is 21.0. The van der Waals surface area contributed by atoms with Gasteiger partial charge in [-0.3, -0.25) is 5.43 Å². The number of ether oxygens (including phenoxy) is 1. The Bertz CT molecular complexity index is 989. The molecule has 0 radical (unpaired) electrons. The topological polar surface area (TPSA) is 100 Å². The van der Waals surface area contributed by atoms with Crippen LogP contribution in [-0.2, 0) is 4.74 Å². The standard InChI is InChI=1S/C22H26N4O4/c1-3-29-22(28)18-19(27)17(12-14-13-24-20-16(14)10-7-11-23-20)30-21(18)25-26(2)15-8-5-4-6-9-15/h7,10-13,15,25,27H,3-6,8-9H2,1-2H3. The van der Waals surface area contributed by atoms with Gasteiger partial charge in [0.25, 0.3) is 0 Å². The second kappa shape index (κ2) is 8.71. The van der Waals surface area contributed by atoms with Crippen molar-refractivity contribution in [3.05, 3.63) is 35.2 Å². The first-order chi connectivity index (χ1) is 14.6. The molecular weight excluding hydrogens is 384 g/mol. The lowest BCUT2D eigenvalue weighted by Gasteiger charge is -2.31. The molecule has 1 aliphatic carbocycles. The lowest BCUT2D eigenvalue weighted by molar-refractivity contribution is 0.0523. The van der Waals surface area contributed by atoms with E-state index in [0.717, 1.165) is 24.0 Å². The second-order valence-corrected chi connectivity index (χ2v) is 7.49. The molecule has 2 N–H and O–H groups in total. The summed E-state index contributed by atoms with van der Waals surface area (Å²) in [5, 5.41) is 12.7. The first-order valence-corrected chi connectivity index (χ1v) is 10.3. The van der Waals surface area contributed by atoms with Crippen LogP contribution in [0.3, 0.4) is 0 Å². The van der Waals surface area contributed by atoms with Gasteiger partial charge in [0.05, 0.1) is 6.61 Å². The molecule has 1 saturated carbocycles. The van der Waals surface area contributed by atoms with Crippen molar-refractivity contribution in [2.24, 2.45) is 4.99 Å². The molecule has 0 amide bonds. The lowest BCUT2D eigenvalue weighted by atomic mass is 9.95. The van der Waals surface area contributed by atoms with Crippen molar-refractivity contribution < 1.29 is 19.1 Å². The molecule has 2 aliphatic rings. The number of nitrogens with zero attached hydrogens (tertiary/aromatic N) is 3. The number of fused-ring (bicyclic) bond motifs is 1. The van der Waals surface area contributed by atoms with E-state index in [-0.39, 0.29) is 29.6 Å². The monoisotopic (exact) mass is 410 g/mol. The highest BCUT2D eigenvalue weighted by molar-refractivity contribution is 6.21. The fourth-order valence-electron chi connectivity index (χ4n) is 3.91. The number of aromatic hydroxyl groups is 1. The fraction of sp³-hybridized carbons (Fsp3) is 0.409. The molecule has 2 aromatic heterocycles. The van der Waals surface area contributed by atoms with Crippen LogP contribution in [0.15, 0.2) is 27.7 Å². The van der Waals surface area contributed by atoms with Crippen LogP contribution in [0.5, 0.6) is 5.75 Å². The number of aromatic nitrogens is 1. The zero-order valence-electron chi connectivity index (χ0n) is 17.2. The van der Waals surface area contributed by atoms with Crippen LogP contribution in [-0.4, -0.2) is 47.0 Å². The summed E-state index contributed by atoms with van der Waals surface area (Å²) in [6.45, 7) is 1.92. The maximum absolute atomic E-state index is 12.5. The molecule has 0 bridgehead atoms. The summed E-state index contributed by atoms with van der Waals surface area (Å²) < 4.78 is 11.0. The number of carbonyl (C=O) groups excluding carboxylic acids is 1. The van der Waals surface area contributed by atoms with E-state index >= 15 is 0 Å². The number of furan rings is 1. The highest BCUT2D eigenvalue weighted by Gasteiger charge is 2.29. The number of pyridine rings is 1. The molecule has 0 spiro atoms. The predicted octanol–water partition coefficient (Wildman–Crippen LogP) is 4.40.